The molecular weight excluding hydrogens is 412 g/mol. The first-order valence-corrected chi connectivity index (χ1v) is 11.3. The number of nitrogens with zero attached hydrogens (tertiary/aromatic N) is 2. The van der Waals surface area contributed by atoms with Gasteiger partial charge in [0, 0.05) is 45.1 Å². The van der Waals surface area contributed by atoms with E-state index >= 15 is 0 Å². The van der Waals surface area contributed by atoms with Crippen molar-refractivity contribution in [3.8, 4) is 5.75 Å². The van der Waals surface area contributed by atoms with Crippen LogP contribution in [-0.4, -0.2) is 45.2 Å². The molecule has 2 N–H and O–H groups in total. The molecule has 6 nitrogen and oxygen atoms in total. The summed E-state index contributed by atoms with van der Waals surface area (Å²) in [5, 5.41) is 6.00. The second-order valence-corrected chi connectivity index (χ2v) is 8.55. The van der Waals surface area contributed by atoms with E-state index in [9.17, 15) is 4.79 Å². The van der Waals surface area contributed by atoms with Crippen LogP contribution in [0.1, 0.15) is 22.7 Å². The van der Waals surface area contributed by atoms with Crippen LogP contribution < -0.4 is 20.3 Å². The van der Waals surface area contributed by atoms with Gasteiger partial charge in [-0.25, -0.2) is 4.79 Å². The zero-order valence-electron chi connectivity index (χ0n) is 19.5. The predicted octanol–water partition coefficient (Wildman–Crippen LogP) is 4.68. The minimum atomic E-state index is -0.215. The molecule has 4 rings (SSSR count). The summed E-state index contributed by atoms with van der Waals surface area (Å²) in [5.74, 6) is 0.757. The molecule has 2 amide bonds. The Morgan fingerprint density at radius 2 is 1.70 bits per heavy atom. The third kappa shape index (κ3) is 5.65. The van der Waals surface area contributed by atoms with Crippen LogP contribution in [0.15, 0.2) is 72.8 Å². The van der Waals surface area contributed by atoms with E-state index in [2.05, 4.69) is 69.0 Å². The first-order valence-electron chi connectivity index (χ1n) is 11.3. The van der Waals surface area contributed by atoms with E-state index in [1.165, 1.54) is 16.7 Å². The maximum absolute atomic E-state index is 12.6. The average molecular weight is 445 g/mol. The molecule has 3 aromatic rings. The number of urea groups is 1. The summed E-state index contributed by atoms with van der Waals surface area (Å²) < 4.78 is 5.18. The highest BCUT2D eigenvalue weighted by Gasteiger charge is 2.25. The van der Waals surface area contributed by atoms with Gasteiger partial charge in [-0.15, -0.1) is 0 Å². The molecule has 1 heterocycles. The lowest BCUT2D eigenvalue weighted by atomic mass is 9.96. The summed E-state index contributed by atoms with van der Waals surface area (Å²) in [6, 6.07) is 24.4. The molecule has 0 radical (unpaired) electrons. The molecule has 0 saturated carbocycles. The lowest BCUT2D eigenvalue weighted by molar-refractivity contribution is 0.175. The first kappa shape index (κ1) is 22.7. The van der Waals surface area contributed by atoms with Crippen molar-refractivity contribution in [1.29, 1.82) is 0 Å². The Kier molecular flexibility index (Phi) is 7.15. The molecule has 33 heavy (non-hydrogen) atoms. The Labute approximate surface area is 196 Å². The van der Waals surface area contributed by atoms with Crippen LogP contribution in [-0.2, 0) is 13.0 Å². The van der Waals surface area contributed by atoms with Gasteiger partial charge in [-0.3, -0.25) is 4.90 Å². The molecule has 0 bridgehead atoms. The van der Waals surface area contributed by atoms with Gasteiger partial charge in [-0.05, 0) is 59.5 Å². The lowest BCUT2D eigenvalue weighted by Gasteiger charge is -2.36. The minimum Gasteiger partial charge on any atom is -0.497 e. The molecule has 1 atom stereocenters. The van der Waals surface area contributed by atoms with Crippen molar-refractivity contribution in [3.63, 3.8) is 0 Å². The number of methoxy groups -OCH3 is 1. The Hall–Kier alpha value is -3.51. The van der Waals surface area contributed by atoms with E-state index in [4.69, 9.17) is 4.74 Å². The summed E-state index contributed by atoms with van der Waals surface area (Å²) in [5.41, 5.74) is 5.87. The normalized spacial score (nSPS) is 14.2. The number of hydrogen-bond donors (Lipinski definition) is 2. The number of benzene rings is 3. The van der Waals surface area contributed by atoms with Crippen molar-refractivity contribution >= 4 is 17.4 Å². The van der Waals surface area contributed by atoms with Gasteiger partial charge in [0.1, 0.15) is 5.75 Å². The van der Waals surface area contributed by atoms with Crippen LogP contribution in [0.5, 0.6) is 5.75 Å². The zero-order chi connectivity index (χ0) is 23.2. The van der Waals surface area contributed by atoms with E-state index in [1.54, 1.807) is 7.11 Å². The largest absolute Gasteiger partial charge is 0.497 e. The highest BCUT2D eigenvalue weighted by atomic mass is 16.5. The smallest absolute Gasteiger partial charge is 0.319 e. The second-order valence-electron chi connectivity index (χ2n) is 8.55. The van der Waals surface area contributed by atoms with Crippen molar-refractivity contribution in [2.24, 2.45) is 0 Å². The third-order valence-electron chi connectivity index (χ3n) is 6.20. The van der Waals surface area contributed by atoms with Crippen LogP contribution in [0.2, 0.25) is 0 Å². The number of fused-ring (bicyclic) bond motifs is 1. The molecule has 0 aromatic heterocycles. The number of hydrogen-bond acceptors (Lipinski definition) is 4. The summed E-state index contributed by atoms with van der Waals surface area (Å²) in [6.07, 6.45) is 1.01. The Morgan fingerprint density at radius 1 is 1.00 bits per heavy atom. The van der Waals surface area contributed by atoms with Crippen LogP contribution >= 0.6 is 0 Å². The van der Waals surface area contributed by atoms with Gasteiger partial charge in [0.05, 0.1) is 13.2 Å². The quantitative estimate of drug-likeness (QED) is 0.556. The number of carbonyl (C=O) groups excluding carboxylic acids is 1. The number of nitrogens with one attached hydrogen (secondary N) is 2. The fraction of sp³-hybridized carbons (Fsp3) is 0.296. The maximum Gasteiger partial charge on any atom is 0.319 e. The number of amides is 2. The van der Waals surface area contributed by atoms with Crippen LogP contribution in [0, 0.1) is 0 Å². The molecule has 0 saturated heterocycles. The lowest BCUT2D eigenvalue weighted by Crippen LogP contribution is -2.41. The van der Waals surface area contributed by atoms with Crippen molar-refractivity contribution in [2.45, 2.75) is 19.0 Å². The zero-order valence-corrected chi connectivity index (χ0v) is 19.5. The van der Waals surface area contributed by atoms with E-state index < -0.39 is 0 Å². The van der Waals surface area contributed by atoms with Crippen LogP contribution in [0.25, 0.3) is 0 Å². The SMILES string of the molecule is COc1ccc(NC(=O)NCC(c2ccc(N(C)C)cc2)N2CCc3ccccc3C2)cc1. The van der Waals surface area contributed by atoms with Crippen molar-refractivity contribution in [2.75, 3.05) is 44.5 Å². The van der Waals surface area contributed by atoms with E-state index in [0.717, 1.165) is 36.6 Å². The molecule has 0 spiro atoms. The van der Waals surface area contributed by atoms with E-state index in [1.807, 2.05) is 38.4 Å². The molecule has 6 heteroatoms. The van der Waals surface area contributed by atoms with Crippen molar-refractivity contribution in [3.05, 3.63) is 89.5 Å². The molecular formula is C27H32N4O2. The van der Waals surface area contributed by atoms with Gasteiger partial charge < -0.3 is 20.3 Å². The predicted molar refractivity (Wildman–Crippen MR) is 134 cm³/mol. The van der Waals surface area contributed by atoms with Crippen LogP contribution in [0.4, 0.5) is 16.2 Å². The molecule has 3 aromatic carbocycles. The summed E-state index contributed by atoms with van der Waals surface area (Å²) in [7, 11) is 5.71. The third-order valence-corrected chi connectivity index (χ3v) is 6.20. The summed E-state index contributed by atoms with van der Waals surface area (Å²) >= 11 is 0. The van der Waals surface area contributed by atoms with Gasteiger partial charge >= 0.3 is 6.03 Å². The molecule has 172 valence electrons. The molecule has 0 fully saturated rings. The topological polar surface area (TPSA) is 56.8 Å². The van der Waals surface area contributed by atoms with Gasteiger partial charge in [-0.2, -0.15) is 0 Å². The molecule has 1 unspecified atom stereocenters. The fourth-order valence-electron chi connectivity index (χ4n) is 4.27. The number of carbonyl (C=O) groups is 1. The second kappa shape index (κ2) is 10.4. The maximum atomic E-state index is 12.6. The average Bonchev–Trinajstić information content (AvgIpc) is 2.85. The monoisotopic (exact) mass is 444 g/mol. The van der Waals surface area contributed by atoms with Gasteiger partial charge in [0.15, 0.2) is 0 Å². The Balaban J connectivity index is 1.48. The van der Waals surface area contributed by atoms with E-state index in [-0.39, 0.29) is 12.1 Å². The standard InChI is InChI=1S/C27H32N4O2/c1-30(2)24-12-8-21(9-13-24)26(31-17-16-20-6-4-5-7-22(20)19-31)18-28-27(32)29-23-10-14-25(33-3)15-11-23/h4-15,26H,16-19H2,1-3H3,(H2,28,29,32). The summed E-state index contributed by atoms with van der Waals surface area (Å²) in [6.45, 7) is 2.35. The van der Waals surface area contributed by atoms with Crippen LogP contribution in [0.3, 0.4) is 0 Å². The highest BCUT2D eigenvalue weighted by molar-refractivity contribution is 5.89. The molecule has 1 aliphatic rings. The first-order chi connectivity index (χ1) is 16.0. The fourth-order valence-corrected chi connectivity index (χ4v) is 4.27. The van der Waals surface area contributed by atoms with Gasteiger partial charge in [-0.1, -0.05) is 36.4 Å². The van der Waals surface area contributed by atoms with Gasteiger partial charge in [0.25, 0.3) is 0 Å². The number of ether oxygens (including phenoxy) is 1. The summed E-state index contributed by atoms with van der Waals surface area (Å²) in [4.78, 5) is 17.2. The van der Waals surface area contributed by atoms with Crippen molar-refractivity contribution in [1.82, 2.24) is 10.2 Å². The Bertz CT molecular complexity index is 1060. The molecule has 1 aliphatic heterocycles. The van der Waals surface area contributed by atoms with Crippen molar-refractivity contribution < 1.29 is 9.53 Å². The Morgan fingerprint density at radius 3 is 2.36 bits per heavy atom. The number of rotatable bonds is 7. The van der Waals surface area contributed by atoms with E-state index in [0.29, 0.717) is 6.54 Å². The number of anilines is 2. The minimum absolute atomic E-state index is 0.0798. The highest BCUT2D eigenvalue weighted by Crippen LogP contribution is 2.29. The van der Waals surface area contributed by atoms with Gasteiger partial charge in [0.2, 0.25) is 0 Å². The molecule has 0 aliphatic carbocycles.